The van der Waals surface area contributed by atoms with Crippen LogP contribution in [0.1, 0.15) is 23.2 Å². The Morgan fingerprint density at radius 1 is 1.25 bits per heavy atom. The lowest BCUT2D eigenvalue weighted by molar-refractivity contribution is -0.119. The average molecular weight is 364 g/mol. The summed E-state index contributed by atoms with van der Waals surface area (Å²) in [6.45, 7) is 0.537. The fourth-order valence-electron chi connectivity index (χ4n) is 2.75. The zero-order chi connectivity index (χ0) is 17.1. The molecule has 0 saturated carbocycles. The molecule has 1 aromatic heterocycles. The molecule has 0 aliphatic carbocycles. The zero-order valence-corrected chi connectivity index (χ0v) is 14.2. The van der Waals surface area contributed by atoms with E-state index in [-0.39, 0.29) is 11.8 Å². The number of carbonyl (C=O) groups is 2. The number of anilines is 1. The number of aromatic nitrogens is 1. The second-order valence-corrected chi connectivity index (χ2v) is 6.36. The summed E-state index contributed by atoms with van der Waals surface area (Å²) in [6.07, 6.45) is 4.49. The molecule has 1 fully saturated rings. The summed E-state index contributed by atoms with van der Waals surface area (Å²) in [7, 11) is 0. The van der Waals surface area contributed by atoms with Crippen molar-refractivity contribution in [3.63, 3.8) is 0 Å². The van der Waals surface area contributed by atoms with E-state index in [0.717, 1.165) is 6.42 Å². The van der Waals surface area contributed by atoms with Gasteiger partial charge in [-0.25, -0.2) is 0 Å². The van der Waals surface area contributed by atoms with Crippen molar-refractivity contribution in [1.29, 1.82) is 0 Å². The Labute approximate surface area is 149 Å². The molecule has 7 heteroatoms. The number of nitrogens with one attached hydrogen (secondary N) is 1. The molecule has 1 saturated heterocycles. The van der Waals surface area contributed by atoms with Crippen molar-refractivity contribution in [2.45, 2.75) is 18.9 Å². The highest BCUT2D eigenvalue weighted by Crippen LogP contribution is 2.27. The van der Waals surface area contributed by atoms with Gasteiger partial charge in [0, 0.05) is 24.0 Å². The lowest BCUT2D eigenvalue weighted by Crippen LogP contribution is -2.43. The Bertz CT molecular complexity index is 768. The van der Waals surface area contributed by atoms with Gasteiger partial charge in [-0.15, -0.1) is 0 Å². The van der Waals surface area contributed by atoms with E-state index >= 15 is 0 Å². The largest absolute Gasteiger partial charge is 0.327 e. The van der Waals surface area contributed by atoms with Crippen LogP contribution in [0.4, 0.5) is 5.69 Å². The van der Waals surface area contributed by atoms with Gasteiger partial charge in [-0.1, -0.05) is 23.2 Å². The Kier molecular flexibility index (Phi) is 5.02. The predicted molar refractivity (Wildman–Crippen MR) is 93.4 cm³/mol. The summed E-state index contributed by atoms with van der Waals surface area (Å²) in [5.74, 6) is -0.466. The van der Waals surface area contributed by atoms with Crippen molar-refractivity contribution in [3.8, 4) is 0 Å². The van der Waals surface area contributed by atoms with E-state index in [1.807, 2.05) is 0 Å². The number of halogens is 2. The average Bonchev–Trinajstić information content (AvgIpc) is 3.08. The molecule has 2 heterocycles. The highest BCUT2D eigenvalue weighted by atomic mass is 35.5. The van der Waals surface area contributed by atoms with Crippen molar-refractivity contribution in [2.75, 3.05) is 11.9 Å². The number of likely N-dealkylation sites (tertiary alicyclic amines) is 1. The Morgan fingerprint density at radius 3 is 2.83 bits per heavy atom. The lowest BCUT2D eigenvalue weighted by atomic mass is 10.1. The fourth-order valence-corrected chi connectivity index (χ4v) is 3.08. The van der Waals surface area contributed by atoms with Crippen LogP contribution in [-0.4, -0.2) is 34.3 Å². The van der Waals surface area contributed by atoms with Gasteiger partial charge in [-0.05, 0) is 43.2 Å². The number of carbonyl (C=O) groups excluding carboxylic acids is 2. The summed E-state index contributed by atoms with van der Waals surface area (Å²) < 4.78 is 0. The molecule has 1 unspecified atom stereocenters. The molecule has 3 rings (SSSR count). The highest BCUT2D eigenvalue weighted by molar-refractivity contribution is 6.35. The third kappa shape index (κ3) is 3.52. The minimum Gasteiger partial charge on any atom is -0.327 e. The highest BCUT2D eigenvalue weighted by Gasteiger charge is 2.34. The number of hydrogen-bond acceptors (Lipinski definition) is 3. The summed E-state index contributed by atoms with van der Waals surface area (Å²) in [5.41, 5.74) is 0.910. The van der Waals surface area contributed by atoms with E-state index in [1.54, 1.807) is 41.4 Å². The molecule has 1 aromatic carbocycles. The minimum atomic E-state index is -0.534. The van der Waals surface area contributed by atoms with E-state index in [0.29, 0.717) is 34.3 Å². The van der Waals surface area contributed by atoms with Crippen LogP contribution in [-0.2, 0) is 4.79 Å². The van der Waals surface area contributed by atoms with E-state index < -0.39 is 6.04 Å². The lowest BCUT2D eigenvalue weighted by Gasteiger charge is -2.24. The van der Waals surface area contributed by atoms with Crippen LogP contribution in [0.5, 0.6) is 0 Å². The van der Waals surface area contributed by atoms with Crippen molar-refractivity contribution < 1.29 is 9.59 Å². The van der Waals surface area contributed by atoms with Crippen LogP contribution < -0.4 is 5.32 Å². The van der Waals surface area contributed by atoms with E-state index in [2.05, 4.69) is 10.3 Å². The Balaban J connectivity index is 1.76. The molecule has 2 amide bonds. The van der Waals surface area contributed by atoms with Gasteiger partial charge in [0.1, 0.15) is 6.04 Å². The van der Waals surface area contributed by atoms with Crippen LogP contribution in [0, 0.1) is 0 Å². The van der Waals surface area contributed by atoms with Gasteiger partial charge in [-0.2, -0.15) is 0 Å². The number of nitrogens with zero attached hydrogens (tertiary/aromatic N) is 2. The molecular weight excluding hydrogens is 349 g/mol. The third-order valence-electron chi connectivity index (χ3n) is 3.91. The SMILES string of the molecule is O=C(Nc1cc(Cl)ccc1Cl)C1CCCN1C(=O)c1cccnc1. The molecule has 124 valence electrons. The van der Waals surface area contributed by atoms with Gasteiger partial charge in [0.2, 0.25) is 5.91 Å². The number of benzene rings is 1. The first-order valence-corrected chi connectivity index (χ1v) is 8.29. The summed E-state index contributed by atoms with van der Waals surface area (Å²) >= 11 is 12.0. The first-order valence-electron chi connectivity index (χ1n) is 7.53. The molecule has 1 atom stereocenters. The number of rotatable bonds is 3. The number of hydrogen-bond donors (Lipinski definition) is 1. The molecule has 24 heavy (non-hydrogen) atoms. The summed E-state index contributed by atoms with van der Waals surface area (Å²) in [4.78, 5) is 30.7. The molecular formula is C17H15Cl2N3O2. The number of amides is 2. The Hall–Kier alpha value is -2.11. The molecule has 0 bridgehead atoms. The second-order valence-electron chi connectivity index (χ2n) is 5.51. The molecule has 5 nitrogen and oxygen atoms in total. The number of pyridine rings is 1. The Morgan fingerprint density at radius 2 is 2.08 bits per heavy atom. The molecule has 1 aliphatic heterocycles. The van der Waals surface area contributed by atoms with E-state index in [1.165, 1.54) is 6.20 Å². The van der Waals surface area contributed by atoms with Gasteiger partial charge in [-0.3, -0.25) is 14.6 Å². The van der Waals surface area contributed by atoms with Gasteiger partial charge >= 0.3 is 0 Å². The van der Waals surface area contributed by atoms with E-state index in [4.69, 9.17) is 23.2 Å². The first kappa shape index (κ1) is 16.7. The van der Waals surface area contributed by atoms with E-state index in [9.17, 15) is 9.59 Å². The fraction of sp³-hybridized carbons (Fsp3) is 0.235. The monoisotopic (exact) mass is 363 g/mol. The van der Waals surface area contributed by atoms with Crippen LogP contribution in [0.2, 0.25) is 10.0 Å². The molecule has 1 N–H and O–H groups in total. The minimum absolute atomic E-state index is 0.196. The van der Waals surface area contributed by atoms with Gasteiger partial charge in [0.25, 0.3) is 5.91 Å². The van der Waals surface area contributed by atoms with Crippen molar-refractivity contribution in [3.05, 3.63) is 58.3 Å². The molecule has 2 aromatic rings. The first-order chi connectivity index (χ1) is 11.6. The zero-order valence-electron chi connectivity index (χ0n) is 12.7. The van der Waals surface area contributed by atoms with Gasteiger partial charge < -0.3 is 10.2 Å². The van der Waals surface area contributed by atoms with Crippen LogP contribution in [0.15, 0.2) is 42.7 Å². The van der Waals surface area contributed by atoms with Crippen molar-refractivity contribution in [2.24, 2.45) is 0 Å². The molecule has 0 spiro atoms. The van der Waals surface area contributed by atoms with Crippen LogP contribution in [0.3, 0.4) is 0 Å². The topological polar surface area (TPSA) is 62.3 Å². The van der Waals surface area contributed by atoms with Crippen LogP contribution >= 0.6 is 23.2 Å². The maximum absolute atomic E-state index is 12.6. The molecule has 0 radical (unpaired) electrons. The molecule has 1 aliphatic rings. The van der Waals surface area contributed by atoms with Crippen LogP contribution in [0.25, 0.3) is 0 Å². The summed E-state index contributed by atoms with van der Waals surface area (Å²) in [6, 6.07) is 7.71. The maximum Gasteiger partial charge on any atom is 0.256 e. The van der Waals surface area contributed by atoms with Crippen molar-refractivity contribution >= 4 is 40.7 Å². The smallest absolute Gasteiger partial charge is 0.256 e. The quantitative estimate of drug-likeness (QED) is 0.905. The van der Waals surface area contributed by atoms with Gasteiger partial charge in [0.05, 0.1) is 16.3 Å². The predicted octanol–water partition coefficient (Wildman–Crippen LogP) is 3.63. The third-order valence-corrected chi connectivity index (χ3v) is 4.48. The standard InChI is InChI=1S/C17H15Cl2N3O2/c18-12-5-6-13(19)14(9-12)21-16(23)15-4-2-8-22(15)17(24)11-3-1-7-20-10-11/h1,3,5-7,9-10,15H,2,4,8H2,(H,21,23). The van der Waals surface area contributed by atoms with Gasteiger partial charge in [0.15, 0.2) is 0 Å². The summed E-state index contributed by atoms with van der Waals surface area (Å²) in [5, 5.41) is 3.64. The second kappa shape index (κ2) is 7.20. The maximum atomic E-state index is 12.6. The van der Waals surface area contributed by atoms with Crippen molar-refractivity contribution in [1.82, 2.24) is 9.88 Å². The normalized spacial score (nSPS) is 16.9.